The summed E-state index contributed by atoms with van der Waals surface area (Å²) in [5, 5.41) is 0. The van der Waals surface area contributed by atoms with E-state index in [1.165, 1.54) is 4.90 Å². The van der Waals surface area contributed by atoms with Crippen molar-refractivity contribution >= 4 is 5.91 Å². The van der Waals surface area contributed by atoms with Gasteiger partial charge in [0.25, 0.3) is 5.91 Å². The number of pyridine rings is 1. The average Bonchev–Trinajstić information content (AvgIpc) is 2.47. The van der Waals surface area contributed by atoms with Crippen LogP contribution in [0.25, 0.3) is 11.1 Å². The molecule has 1 aromatic carbocycles. The van der Waals surface area contributed by atoms with E-state index in [-0.39, 0.29) is 16.8 Å². The van der Waals surface area contributed by atoms with E-state index in [0.717, 1.165) is 30.5 Å². The molecule has 0 saturated heterocycles. The first-order valence-electron chi connectivity index (χ1n) is 7.00. The molecule has 2 rings (SSSR count). The number of rotatable bonds is 2. The van der Waals surface area contributed by atoms with E-state index < -0.39 is 28.9 Å². The van der Waals surface area contributed by atoms with Crippen LogP contribution in [0.2, 0.25) is 0 Å². The van der Waals surface area contributed by atoms with Gasteiger partial charge in [0.2, 0.25) is 0 Å². The minimum Gasteiger partial charge on any atom is -0.335 e. The Hall–Kier alpha value is -2.37. The van der Waals surface area contributed by atoms with E-state index in [9.17, 15) is 18.0 Å². The Balaban J connectivity index is 2.42. The number of amides is 1. The molecular weight excluding hydrogens is 305 g/mol. The largest absolute Gasteiger partial charge is 0.335 e. The van der Waals surface area contributed by atoms with Crippen LogP contribution in [0.15, 0.2) is 30.5 Å². The summed E-state index contributed by atoms with van der Waals surface area (Å²) >= 11 is 0. The highest BCUT2D eigenvalue weighted by Crippen LogP contribution is 2.25. The summed E-state index contributed by atoms with van der Waals surface area (Å²) in [6.45, 7) is 5.41. The van der Waals surface area contributed by atoms with Crippen LogP contribution in [-0.4, -0.2) is 28.4 Å². The monoisotopic (exact) mass is 322 g/mol. The van der Waals surface area contributed by atoms with Crippen molar-refractivity contribution in [2.45, 2.75) is 26.3 Å². The van der Waals surface area contributed by atoms with E-state index >= 15 is 0 Å². The molecular formula is C17H17F3N2O. The highest BCUT2D eigenvalue weighted by atomic mass is 19.1. The zero-order valence-corrected chi connectivity index (χ0v) is 13.3. The molecule has 1 aromatic heterocycles. The molecule has 0 aliphatic heterocycles. The van der Waals surface area contributed by atoms with Gasteiger partial charge in [0, 0.05) is 29.9 Å². The number of carbonyl (C=O) groups excluding carboxylic acids is 1. The molecule has 0 unspecified atom stereocenters. The molecule has 1 amide bonds. The predicted octanol–water partition coefficient (Wildman–Crippen LogP) is 4.04. The topological polar surface area (TPSA) is 33.2 Å². The third-order valence-electron chi connectivity index (χ3n) is 3.59. The van der Waals surface area contributed by atoms with Crippen molar-refractivity contribution < 1.29 is 18.0 Å². The summed E-state index contributed by atoms with van der Waals surface area (Å²) in [4.78, 5) is 17.4. The van der Waals surface area contributed by atoms with Crippen molar-refractivity contribution in [2.75, 3.05) is 7.05 Å². The molecule has 2 aromatic rings. The van der Waals surface area contributed by atoms with Crippen molar-refractivity contribution in [3.63, 3.8) is 0 Å². The highest BCUT2D eigenvalue weighted by molar-refractivity contribution is 5.93. The predicted molar refractivity (Wildman–Crippen MR) is 81.4 cm³/mol. The normalized spacial score (nSPS) is 11.4. The molecule has 1 heterocycles. The van der Waals surface area contributed by atoms with Crippen LogP contribution in [0.4, 0.5) is 13.2 Å². The molecule has 6 heteroatoms. The van der Waals surface area contributed by atoms with Gasteiger partial charge in [-0.2, -0.15) is 0 Å². The average molecular weight is 322 g/mol. The van der Waals surface area contributed by atoms with E-state index in [0.29, 0.717) is 0 Å². The summed E-state index contributed by atoms with van der Waals surface area (Å²) in [6.07, 6.45) is 1.16. The lowest BCUT2D eigenvalue weighted by atomic mass is 10.0. The number of nitrogens with zero attached hydrogens (tertiary/aromatic N) is 2. The first-order valence-corrected chi connectivity index (χ1v) is 7.00. The van der Waals surface area contributed by atoms with E-state index in [1.54, 1.807) is 27.8 Å². The maximum atomic E-state index is 14.2. The molecule has 0 bridgehead atoms. The minimum atomic E-state index is -0.882. The van der Waals surface area contributed by atoms with Crippen LogP contribution in [0.3, 0.4) is 0 Å². The smallest absolute Gasteiger partial charge is 0.275 e. The number of hydrogen-bond acceptors (Lipinski definition) is 2. The van der Waals surface area contributed by atoms with Crippen LogP contribution in [0.5, 0.6) is 0 Å². The first kappa shape index (κ1) is 17.0. The maximum absolute atomic E-state index is 14.2. The van der Waals surface area contributed by atoms with Crippen LogP contribution < -0.4 is 0 Å². The molecule has 0 radical (unpaired) electrons. The molecule has 0 fully saturated rings. The van der Waals surface area contributed by atoms with Gasteiger partial charge < -0.3 is 4.90 Å². The van der Waals surface area contributed by atoms with E-state index in [4.69, 9.17) is 0 Å². The van der Waals surface area contributed by atoms with Crippen molar-refractivity contribution in [2.24, 2.45) is 0 Å². The third-order valence-corrected chi connectivity index (χ3v) is 3.59. The molecule has 0 spiro atoms. The van der Waals surface area contributed by atoms with Gasteiger partial charge in [0.15, 0.2) is 11.5 Å². The minimum absolute atomic E-state index is 0.0643. The molecule has 3 nitrogen and oxygen atoms in total. The van der Waals surface area contributed by atoms with Gasteiger partial charge in [0.1, 0.15) is 11.6 Å². The van der Waals surface area contributed by atoms with Crippen LogP contribution in [0, 0.1) is 17.5 Å². The number of carbonyl (C=O) groups is 1. The van der Waals surface area contributed by atoms with Crippen LogP contribution in [-0.2, 0) is 0 Å². The number of benzene rings is 1. The maximum Gasteiger partial charge on any atom is 0.275 e. The first-order chi connectivity index (χ1) is 10.6. The lowest BCUT2D eigenvalue weighted by Gasteiger charge is -2.31. The molecule has 0 aliphatic carbocycles. The van der Waals surface area contributed by atoms with Crippen molar-refractivity contribution in [3.05, 3.63) is 53.6 Å². The zero-order valence-electron chi connectivity index (χ0n) is 13.3. The standard InChI is InChI=1S/C17H17F3N2O/c1-17(2,3)22(4)16(23)15-14(20)7-10(9-21-15)12-8-11(18)5-6-13(12)19/h5-9H,1-4H3. The number of hydrogen-bond donors (Lipinski definition) is 0. The SMILES string of the molecule is CN(C(=O)c1ncc(-c2cc(F)ccc2F)cc1F)C(C)(C)C. The molecule has 0 atom stereocenters. The lowest BCUT2D eigenvalue weighted by Crippen LogP contribution is -2.43. The Bertz CT molecular complexity index is 754. The summed E-state index contributed by atoms with van der Waals surface area (Å²) in [5.74, 6) is -2.80. The van der Waals surface area contributed by atoms with E-state index in [2.05, 4.69) is 4.98 Å². The van der Waals surface area contributed by atoms with E-state index in [1.807, 2.05) is 0 Å². The van der Waals surface area contributed by atoms with Crippen LogP contribution in [0.1, 0.15) is 31.3 Å². The number of halogens is 3. The highest BCUT2D eigenvalue weighted by Gasteiger charge is 2.26. The second-order valence-electron chi connectivity index (χ2n) is 6.21. The van der Waals surface area contributed by atoms with Crippen LogP contribution >= 0.6 is 0 Å². The number of aromatic nitrogens is 1. The Kier molecular flexibility index (Phi) is 4.45. The molecule has 23 heavy (non-hydrogen) atoms. The van der Waals surface area contributed by atoms with Gasteiger partial charge in [-0.25, -0.2) is 18.2 Å². The fraction of sp³-hybridized carbons (Fsp3) is 0.294. The second-order valence-corrected chi connectivity index (χ2v) is 6.21. The molecule has 122 valence electrons. The molecule has 0 aliphatic rings. The Morgan fingerprint density at radius 2 is 1.74 bits per heavy atom. The van der Waals surface area contributed by atoms with Gasteiger partial charge in [-0.05, 0) is 45.0 Å². The van der Waals surface area contributed by atoms with Gasteiger partial charge >= 0.3 is 0 Å². The summed E-state index contributed by atoms with van der Waals surface area (Å²) in [6, 6.07) is 3.86. The third kappa shape index (κ3) is 3.52. The Morgan fingerprint density at radius 3 is 2.30 bits per heavy atom. The van der Waals surface area contributed by atoms with Gasteiger partial charge in [-0.1, -0.05) is 0 Å². The summed E-state index contributed by atoms with van der Waals surface area (Å²) in [5.41, 5.74) is -0.907. The van der Waals surface area contributed by atoms with Gasteiger partial charge in [0.05, 0.1) is 0 Å². The summed E-state index contributed by atoms with van der Waals surface area (Å²) < 4.78 is 41.2. The second kappa shape index (κ2) is 6.02. The Morgan fingerprint density at radius 1 is 1.09 bits per heavy atom. The molecule has 0 N–H and O–H groups in total. The van der Waals surface area contributed by atoms with Crippen molar-refractivity contribution in [1.29, 1.82) is 0 Å². The Labute approximate surface area is 132 Å². The van der Waals surface area contributed by atoms with Gasteiger partial charge in [-0.15, -0.1) is 0 Å². The van der Waals surface area contributed by atoms with Crippen molar-refractivity contribution in [3.8, 4) is 11.1 Å². The van der Waals surface area contributed by atoms with Gasteiger partial charge in [-0.3, -0.25) is 4.79 Å². The fourth-order valence-electron chi connectivity index (χ4n) is 1.92. The fourth-order valence-corrected chi connectivity index (χ4v) is 1.92. The summed E-state index contributed by atoms with van der Waals surface area (Å²) in [7, 11) is 1.55. The molecule has 0 saturated carbocycles. The lowest BCUT2D eigenvalue weighted by molar-refractivity contribution is 0.0644. The zero-order chi connectivity index (χ0) is 17.4. The van der Waals surface area contributed by atoms with Crippen molar-refractivity contribution in [1.82, 2.24) is 9.88 Å². The quantitative estimate of drug-likeness (QED) is 0.836.